The number of amides is 1. The van der Waals surface area contributed by atoms with Gasteiger partial charge in [0.15, 0.2) is 0 Å². The van der Waals surface area contributed by atoms with E-state index in [4.69, 9.17) is 10.5 Å². The minimum absolute atomic E-state index is 0.318. The van der Waals surface area contributed by atoms with E-state index in [2.05, 4.69) is 9.97 Å². The Kier molecular flexibility index (Phi) is 3.94. The van der Waals surface area contributed by atoms with Gasteiger partial charge in [0, 0.05) is 19.3 Å². The fourth-order valence-electron chi connectivity index (χ4n) is 2.36. The lowest BCUT2D eigenvalue weighted by molar-refractivity contribution is 0.0134. The summed E-state index contributed by atoms with van der Waals surface area (Å²) in [5.41, 5.74) is 6.07. The maximum absolute atomic E-state index is 12.1. The highest BCUT2D eigenvalue weighted by Crippen LogP contribution is 2.28. The zero-order valence-electron chi connectivity index (χ0n) is 12.3. The molecule has 6 heteroatoms. The van der Waals surface area contributed by atoms with Crippen molar-refractivity contribution in [2.24, 2.45) is 5.73 Å². The topological polar surface area (TPSA) is 81.3 Å². The van der Waals surface area contributed by atoms with Gasteiger partial charge in [-0.1, -0.05) is 0 Å². The average molecular weight is 278 g/mol. The van der Waals surface area contributed by atoms with Gasteiger partial charge in [-0.25, -0.2) is 14.8 Å². The minimum Gasteiger partial charge on any atom is -0.444 e. The summed E-state index contributed by atoms with van der Waals surface area (Å²) in [4.78, 5) is 21.9. The maximum atomic E-state index is 12.1. The van der Waals surface area contributed by atoms with Crippen LogP contribution >= 0.6 is 0 Å². The van der Waals surface area contributed by atoms with Gasteiger partial charge in [-0.2, -0.15) is 0 Å². The highest BCUT2D eigenvalue weighted by molar-refractivity contribution is 5.68. The molecule has 1 aliphatic rings. The molecule has 20 heavy (non-hydrogen) atoms. The first kappa shape index (κ1) is 14.7. The first-order chi connectivity index (χ1) is 9.30. The number of carbonyl (C=O) groups is 1. The van der Waals surface area contributed by atoms with Crippen molar-refractivity contribution in [1.82, 2.24) is 14.9 Å². The second-order valence-electron chi connectivity index (χ2n) is 6.26. The Hall–Kier alpha value is -1.69. The summed E-state index contributed by atoms with van der Waals surface area (Å²) >= 11 is 0. The third-order valence-corrected chi connectivity index (χ3v) is 3.27. The molecular weight excluding hydrogens is 256 g/mol. The smallest absolute Gasteiger partial charge is 0.410 e. The third kappa shape index (κ3) is 3.45. The number of nitrogens with zero attached hydrogens (tertiary/aromatic N) is 3. The van der Waals surface area contributed by atoms with Crippen LogP contribution in [0.1, 0.15) is 39.3 Å². The van der Waals surface area contributed by atoms with Crippen LogP contribution in [-0.2, 0) is 10.3 Å². The molecule has 1 fully saturated rings. The summed E-state index contributed by atoms with van der Waals surface area (Å²) in [6, 6.07) is 1.80. The summed E-state index contributed by atoms with van der Waals surface area (Å²) in [7, 11) is 0. The molecule has 0 aromatic carbocycles. The molecule has 1 saturated heterocycles. The second-order valence-corrected chi connectivity index (χ2v) is 6.26. The van der Waals surface area contributed by atoms with Crippen molar-refractivity contribution in [3.63, 3.8) is 0 Å². The number of rotatable bonds is 1. The number of aromatic nitrogens is 2. The first-order valence-corrected chi connectivity index (χ1v) is 6.83. The molecule has 1 aliphatic heterocycles. The molecule has 0 bridgehead atoms. The molecular formula is C14H22N4O2. The molecule has 1 aromatic heterocycles. The Morgan fingerprint density at radius 1 is 1.50 bits per heavy atom. The molecule has 2 rings (SSSR count). The predicted molar refractivity (Wildman–Crippen MR) is 74.9 cm³/mol. The number of nitrogens with two attached hydrogens (primary N) is 1. The van der Waals surface area contributed by atoms with E-state index in [1.165, 1.54) is 6.33 Å². The molecule has 0 saturated carbocycles. The summed E-state index contributed by atoms with van der Waals surface area (Å²) in [5.74, 6) is 0. The van der Waals surface area contributed by atoms with Crippen LogP contribution in [0.3, 0.4) is 0 Å². The van der Waals surface area contributed by atoms with E-state index in [-0.39, 0.29) is 6.09 Å². The van der Waals surface area contributed by atoms with Crippen molar-refractivity contribution in [2.75, 3.05) is 13.1 Å². The fourth-order valence-corrected chi connectivity index (χ4v) is 2.36. The van der Waals surface area contributed by atoms with E-state index < -0.39 is 11.1 Å². The van der Waals surface area contributed by atoms with E-state index in [1.54, 1.807) is 17.2 Å². The summed E-state index contributed by atoms with van der Waals surface area (Å²) in [6.07, 6.45) is 4.46. The van der Waals surface area contributed by atoms with Gasteiger partial charge in [0.25, 0.3) is 0 Å². The molecule has 0 aliphatic carbocycles. The van der Waals surface area contributed by atoms with Crippen LogP contribution in [0, 0.1) is 0 Å². The molecule has 2 heterocycles. The van der Waals surface area contributed by atoms with Gasteiger partial charge < -0.3 is 15.4 Å². The highest BCUT2D eigenvalue weighted by Gasteiger charge is 2.37. The molecule has 2 N–H and O–H groups in total. The molecule has 1 unspecified atom stereocenters. The van der Waals surface area contributed by atoms with Crippen molar-refractivity contribution in [2.45, 2.75) is 44.8 Å². The monoisotopic (exact) mass is 278 g/mol. The lowest BCUT2D eigenvalue weighted by Crippen LogP contribution is -2.54. The number of carbonyl (C=O) groups excluding carboxylic acids is 1. The maximum Gasteiger partial charge on any atom is 0.410 e. The Labute approximate surface area is 119 Å². The number of hydrogen-bond donors (Lipinski definition) is 1. The molecule has 1 atom stereocenters. The van der Waals surface area contributed by atoms with Crippen LogP contribution in [0.4, 0.5) is 4.79 Å². The van der Waals surface area contributed by atoms with Gasteiger partial charge in [-0.05, 0) is 39.7 Å². The first-order valence-electron chi connectivity index (χ1n) is 6.83. The Balaban J connectivity index is 2.11. The van der Waals surface area contributed by atoms with Crippen LogP contribution < -0.4 is 5.73 Å². The lowest BCUT2D eigenvalue weighted by Gasteiger charge is -2.40. The fraction of sp³-hybridized carbons (Fsp3) is 0.643. The van der Waals surface area contributed by atoms with Crippen molar-refractivity contribution < 1.29 is 9.53 Å². The van der Waals surface area contributed by atoms with Gasteiger partial charge in [-0.15, -0.1) is 0 Å². The van der Waals surface area contributed by atoms with Gasteiger partial charge >= 0.3 is 6.09 Å². The van der Waals surface area contributed by atoms with Gasteiger partial charge in [-0.3, -0.25) is 0 Å². The Morgan fingerprint density at radius 2 is 2.25 bits per heavy atom. The zero-order chi connectivity index (χ0) is 14.8. The van der Waals surface area contributed by atoms with E-state index in [0.717, 1.165) is 18.5 Å². The molecule has 0 radical (unpaired) electrons. The van der Waals surface area contributed by atoms with Gasteiger partial charge in [0.1, 0.15) is 11.9 Å². The molecule has 110 valence electrons. The van der Waals surface area contributed by atoms with E-state index >= 15 is 0 Å². The molecule has 1 amide bonds. The summed E-state index contributed by atoms with van der Waals surface area (Å²) in [6.45, 7) is 6.65. The quantitative estimate of drug-likeness (QED) is 0.845. The third-order valence-electron chi connectivity index (χ3n) is 3.27. The number of piperidine rings is 1. The van der Waals surface area contributed by atoms with Crippen LogP contribution in [-0.4, -0.2) is 39.7 Å². The normalized spacial score (nSPS) is 23.5. The van der Waals surface area contributed by atoms with Crippen LogP contribution in [0.15, 0.2) is 18.6 Å². The van der Waals surface area contributed by atoms with Gasteiger partial charge in [0.2, 0.25) is 0 Å². The van der Waals surface area contributed by atoms with Crippen molar-refractivity contribution in [3.8, 4) is 0 Å². The van der Waals surface area contributed by atoms with Crippen molar-refractivity contribution in [1.29, 1.82) is 0 Å². The largest absolute Gasteiger partial charge is 0.444 e. The van der Waals surface area contributed by atoms with Crippen LogP contribution in [0.5, 0.6) is 0 Å². The number of hydrogen-bond acceptors (Lipinski definition) is 5. The number of likely N-dealkylation sites (tertiary alicyclic amines) is 1. The Morgan fingerprint density at radius 3 is 2.85 bits per heavy atom. The van der Waals surface area contributed by atoms with Crippen molar-refractivity contribution in [3.05, 3.63) is 24.3 Å². The van der Waals surface area contributed by atoms with Crippen LogP contribution in [0.2, 0.25) is 0 Å². The summed E-state index contributed by atoms with van der Waals surface area (Å²) < 4.78 is 5.41. The van der Waals surface area contributed by atoms with E-state index in [0.29, 0.717) is 13.1 Å². The molecule has 1 aromatic rings. The lowest BCUT2D eigenvalue weighted by atomic mass is 9.87. The average Bonchev–Trinajstić information content (AvgIpc) is 2.38. The van der Waals surface area contributed by atoms with E-state index in [1.807, 2.05) is 20.8 Å². The zero-order valence-corrected chi connectivity index (χ0v) is 12.3. The number of ether oxygens (including phenoxy) is 1. The highest BCUT2D eigenvalue weighted by atomic mass is 16.6. The predicted octanol–water partition coefficient (Wildman–Crippen LogP) is 1.66. The Bertz CT molecular complexity index is 472. The minimum atomic E-state index is -0.627. The standard InChI is InChI=1S/C14H22N4O2/c1-13(2,3)20-12(19)18-8-4-6-14(15,9-18)11-5-7-16-10-17-11/h5,7,10H,4,6,8-9,15H2,1-3H3. The van der Waals surface area contributed by atoms with E-state index in [9.17, 15) is 4.79 Å². The second kappa shape index (κ2) is 5.36. The molecule has 6 nitrogen and oxygen atoms in total. The van der Waals surface area contributed by atoms with Gasteiger partial charge in [0.05, 0.1) is 11.2 Å². The molecule has 0 spiro atoms. The van der Waals surface area contributed by atoms with Crippen molar-refractivity contribution >= 4 is 6.09 Å². The SMILES string of the molecule is CC(C)(C)OC(=O)N1CCCC(N)(c2ccncn2)C1. The summed E-state index contributed by atoms with van der Waals surface area (Å²) in [5, 5.41) is 0. The van der Waals surface area contributed by atoms with Crippen LogP contribution in [0.25, 0.3) is 0 Å².